The third-order valence-electron chi connectivity index (χ3n) is 5.73. The molecule has 0 aliphatic heterocycles. The Hall–Kier alpha value is -2.73. The molecule has 0 saturated heterocycles. The van der Waals surface area contributed by atoms with Crippen LogP contribution in [0.3, 0.4) is 0 Å². The molecule has 0 N–H and O–H groups in total. The van der Waals surface area contributed by atoms with E-state index in [2.05, 4.69) is 33.7 Å². The molecule has 0 fully saturated rings. The van der Waals surface area contributed by atoms with Crippen LogP contribution in [0.5, 0.6) is 0 Å². The summed E-state index contributed by atoms with van der Waals surface area (Å²) in [4.78, 5) is 18.6. The molecule has 0 amide bonds. The average Bonchev–Trinajstić information content (AvgIpc) is 3.28. The smallest absolute Gasteiger partial charge is 0.263 e. The third-order valence-corrected chi connectivity index (χ3v) is 6.62. The first-order chi connectivity index (χ1) is 13.6. The zero-order valence-corrected chi connectivity index (χ0v) is 16.8. The van der Waals surface area contributed by atoms with Crippen molar-refractivity contribution in [2.24, 2.45) is 0 Å². The van der Waals surface area contributed by atoms with Crippen molar-refractivity contribution in [3.8, 4) is 11.1 Å². The molecule has 1 aromatic carbocycles. The van der Waals surface area contributed by atoms with Crippen molar-refractivity contribution in [2.75, 3.05) is 0 Å². The van der Waals surface area contributed by atoms with Gasteiger partial charge < -0.3 is 4.52 Å². The summed E-state index contributed by atoms with van der Waals surface area (Å²) in [6.45, 7) is 4.18. The molecule has 0 saturated carbocycles. The highest BCUT2D eigenvalue weighted by Crippen LogP contribution is 2.33. The van der Waals surface area contributed by atoms with Crippen LogP contribution in [0.15, 0.2) is 39.2 Å². The largest absolute Gasteiger partial charge is 0.361 e. The molecule has 0 bridgehead atoms. The fourth-order valence-corrected chi connectivity index (χ4v) is 5.00. The molecular weight excluding hydrogens is 370 g/mol. The summed E-state index contributed by atoms with van der Waals surface area (Å²) >= 11 is 1.53. The minimum absolute atomic E-state index is 0.0148. The van der Waals surface area contributed by atoms with Crippen molar-refractivity contribution in [1.82, 2.24) is 14.7 Å². The van der Waals surface area contributed by atoms with Gasteiger partial charge in [0.25, 0.3) is 5.56 Å². The summed E-state index contributed by atoms with van der Waals surface area (Å²) < 4.78 is 6.90. The van der Waals surface area contributed by atoms with Gasteiger partial charge in [0.15, 0.2) is 0 Å². The quantitative estimate of drug-likeness (QED) is 0.510. The van der Waals surface area contributed by atoms with E-state index >= 15 is 0 Å². The van der Waals surface area contributed by atoms with Crippen LogP contribution in [-0.4, -0.2) is 14.7 Å². The van der Waals surface area contributed by atoms with E-state index in [4.69, 9.17) is 4.52 Å². The number of aromatic nitrogens is 3. The topological polar surface area (TPSA) is 60.9 Å². The molecule has 0 unspecified atom stereocenters. The lowest BCUT2D eigenvalue weighted by Gasteiger charge is -2.16. The van der Waals surface area contributed by atoms with Crippen molar-refractivity contribution in [2.45, 2.75) is 46.1 Å². The Kier molecular flexibility index (Phi) is 4.16. The summed E-state index contributed by atoms with van der Waals surface area (Å²) in [6.07, 6.45) is 6.42. The van der Waals surface area contributed by atoms with E-state index in [0.717, 1.165) is 45.8 Å². The van der Waals surface area contributed by atoms with Crippen molar-refractivity contribution < 1.29 is 4.52 Å². The molecule has 1 aliphatic rings. The van der Waals surface area contributed by atoms with E-state index in [9.17, 15) is 4.79 Å². The SMILES string of the molecule is Cc1noc(C)c1Cn1cnc2scc(-c3ccc4c(c3)CCCC4)c2c1=O. The molecule has 1 aliphatic carbocycles. The molecule has 0 spiro atoms. The molecule has 0 radical (unpaired) electrons. The summed E-state index contributed by atoms with van der Waals surface area (Å²) in [5, 5.41) is 6.75. The van der Waals surface area contributed by atoms with Gasteiger partial charge in [-0.05, 0) is 56.2 Å². The van der Waals surface area contributed by atoms with Gasteiger partial charge in [0.1, 0.15) is 10.6 Å². The first-order valence-corrected chi connectivity index (χ1v) is 10.5. The molecule has 28 heavy (non-hydrogen) atoms. The number of hydrogen-bond donors (Lipinski definition) is 0. The number of hydrogen-bond acceptors (Lipinski definition) is 5. The Bertz CT molecular complexity index is 1230. The van der Waals surface area contributed by atoms with Gasteiger partial charge in [-0.3, -0.25) is 9.36 Å². The lowest BCUT2D eigenvalue weighted by molar-refractivity contribution is 0.392. The monoisotopic (exact) mass is 391 g/mol. The first kappa shape index (κ1) is 17.4. The number of nitrogens with zero attached hydrogens (tertiary/aromatic N) is 3. The predicted octanol–water partition coefficient (Wildman–Crippen LogP) is 4.66. The molecule has 3 heterocycles. The van der Waals surface area contributed by atoms with Crippen molar-refractivity contribution in [3.05, 3.63) is 68.4 Å². The van der Waals surface area contributed by atoms with Crippen molar-refractivity contribution in [3.63, 3.8) is 0 Å². The molecular formula is C22H21N3O2S. The first-order valence-electron chi connectivity index (χ1n) is 9.62. The maximum atomic E-state index is 13.3. The number of aryl methyl sites for hydroxylation is 4. The summed E-state index contributed by atoms with van der Waals surface area (Å²) in [5.41, 5.74) is 6.70. The van der Waals surface area contributed by atoms with Crippen LogP contribution < -0.4 is 5.56 Å². The van der Waals surface area contributed by atoms with E-state index < -0.39 is 0 Å². The number of rotatable bonds is 3. The second kappa shape index (κ2) is 6.71. The molecule has 5 rings (SSSR count). The molecule has 3 aromatic heterocycles. The van der Waals surface area contributed by atoms with E-state index in [1.54, 1.807) is 10.9 Å². The lowest BCUT2D eigenvalue weighted by atomic mass is 9.89. The average molecular weight is 391 g/mol. The van der Waals surface area contributed by atoms with Crippen LogP contribution in [0.2, 0.25) is 0 Å². The molecule has 6 heteroatoms. The molecule has 0 atom stereocenters. The van der Waals surface area contributed by atoms with Crippen LogP contribution >= 0.6 is 11.3 Å². The predicted molar refractivity (Wildman–Crippen MR) is 111 cm³/mol. The third kappa shape index (κ3) is 2.79. The Morgan fingerprint density at radius 3 is 2.79 bits per heavy atom. The summed E-state index contributed by atoms with van der Waals surface area (Å²) in [5.74, 6) is 0.740. The minimum atomic E-state index is -0.0148. The number of benzene rings is 1. The van der Waals surface area contributed by atoms with Gasteiger partial charge in [-0.15, -0.1) is 11.3 Å². The summed E-state index contributed by atoms with van der Waals surface area (Å²) in [6, 6.07) is 6.64. The number of thiophene rings is 1. The standard InChI is InChI=1S/C22H21N3O2S/c1-13-18(14(2)27-24-13)10-25-12-23-21-20(22(25)26)19(11-28-21)17-8-7-15-5-3-4-6-16(15)9-17/h7-9,11-12H,3-6,10H2,1-2H3. The van der Waals surface area contributed by atoms with E-state index in [0.29, 0.717) is 11.9 Å². The van der Waals surface area contributed by atoms with Gasteiger partial charge in [-0.25, -0.2) is 4.98 Å². The van der Waals surface area contributed by atoms with E-state index in [-0.39, 0.29) is 5.56 Å². The normalized spacial score (nSPS) is 13.8. The van der Waals surface area contributed by atoms with Crippen LogP contribution in [0.4, 0.5) is 0 Å². The van der Waals surface area contributed by atoms with Crippen molar-refractivity contribution >= 4 is 21.6 Å². The van der Waals surface area contributed by atoms with Crippen LogP contribution in [0.1, 0.15) is 41.0 Å². The highest BCUT2D eigenvalue weighted by atomic mass is 32.1. The van der Waals surface area contributed by atoms with Gasteiger partial charge >= 0.3 is 0 Å². The lowest BCUT2D eigenvalue weighted by Crippen LogP contribution is -2.21. The fourth-order valence-electron chi connectivity index (χ4n) is 4.09. The second-order valence-electron chi connectivity index (χ2n) is 7.50. The van der Waals surface area contributed by atoms with Gasteiger partial charge in [0.2, 0.25) is 0 Å². The Balaban J connectivity index is 1.62. The van der Waals surface area contributed by atoms with Crippen LogP contribution in [0, 0.1) is 13.8 Å². The fraction of sp³-hybridized carbons (Fsp3) is 0.318. The maximum absolute atomic E-state index is 13.3. The van der Waals surface area contributed by atoms with Gasteiger partial charge in [0, 0.05) is 16.5 Å². The van der Waals surface area contributed by atoms with Gasteiger partial charge in [-0.2, -0.15) is 0 Å². The Labute approximate surface area is 166 Å². The Morgan fingerprint density at radius 1 is 1.18 bits per heavy atom. The number of fused-ring (bicyclic) bond motifs is 2. The zero-order chi connectivity index (χ0) is 19.3. The van der Waals surface area contributed by atoms with Gasteiger partial charge in [-0.1, -0.05) is 23.4 Å². The van der Waals surface area contributed by atoms with E-state index in [1.165, 1.54) is 35.3 Å². The zero-order valence-electron chi connectivity index (χ0n) is 16.0. The molecule has 5 nitrogen and oxygen atoms in total. The van der Waals surface area contributed by atoms with E-state index in [1.807, 2.05) is 13.8 Å². The van der Waals surface area contributed by atoms with Gasteiger partial charge in [0.05, 0.1) is 24.0 Å². The van der Waals surface area contributed by atoms with Crippen LogP contribution in [-0.2, 0) is 19.4 Å². The van der Waals surface area contributed by atoms with Crippen molar-refractivity contribution in [1.29, 1.82) is 0 Å². The van der Waals surface area contributed by atoms with Crippen LogP contribution in [0.25, 0.3) is 21.3 Å². The highest BCUT2D eigenvalue weighted by molar-refractivity contribution is 7.17. The highest BCUT2D eigenvalue weighted by Gasteiger charge is 2.17. The second-order valence-corrected chi connectivity index (χ2v) is 8.36. The molecule has 4 aromatic rings. The maximum Gasteiger partial charge on any atom is 0.263 e. The minimum Gasteiger partial charge on any atom is -0.361 e. The summed E-state index contributed by atoms with van der Waals surface area (Å²) in [7, 11) is 0. The Morgan fingerprint density at radius 2 is 2.00 bits per heavy atom. The molecule has 142 valence electrons.